The molecule has 0 fully saturated rings. The van der Waals surface area contributed by atoms with Crippen molar-refractivity contribution in [2.45, 2.75) is 19.3 Å². The molecular formula is C13H12F3NO2. The van der Waals surface area contributed by atoms with Gasteiger partial charge in [-0.1, -0.05) is 12.1 Å². The molecule has 102 valence electrons. The topological polar surface area (TPSA) is 48.4 Å². The van der Waals surface area contributed by atoms with E-state index in [0.717, 1.165) is 0 Å². The van der Waals surface area contributed by atoms with E-state index >= 15 is 0 Å². The van der Waals surface area contributed by atoms with E-state index in [1.165, 1.54) is 24.5 Å². The molecule has 2 N–H and O–H groups in total. The van der Waals surface area contributed by atoms with Gasteiger partial charge in [0, 0.05) is 5.56 Å². The summed E-state index contributed by atoms with van der Waals surface area (Å²) >= 11 is 0. The molecule has 19 heavy (non-hydrogen) atoms. The summed E-state index contributed by atoms with van der Waals surface area (Å²) in [5, 5.41) is 0. The first-order chi connectivity index (χ1) is 8.85. The molecule has 1 heterocycles. The maximum Gasteiger partial charge on any atom is 0.573 e. The van der Waals surface area contributed by atoms with E-state index in [-0.39, 0.29) is 5.75 Å². The fourth-order valence-corrected chi connectivity index (χ4v) is 1.72. The van der Waals surface area contributed by atoms with Crippen molar-refractivity contribution in [3.8, 4) is 5.75 Å². The highest BCUT2D eigenvalue weighted by molar-refractivity contribution is 5.35. The fourth-order valence-electron chi connectivity index (χ4n) is 1.72. The van der Waals surface area contributed by atoms with Crippen LogP contribution in [0.15, 0.2) is 41.0 Å². The quantitative estimate of drug-likeness (QED) is 0.928. The molecule has 0 aliphatic heterocycles. The minimum atomic E-state index is -4.71. The highest BCUT2D eigenvalue weighted by Gasteiger charge is 2.31. The van der Waals surface area contributed by atoms with Gasteiger partial charge in [0.1, 0.15) is 11.5 Å². The molecule has 0 saturated heterocycles. The molecule has 0 spiro atoms. The number of benzene rings is 1. The molecule has 0 saturated carbocycles. The lowest BCUT2D eigenvalue weighted by atomic mass is 10.0. The van der Waals surface area contributed by atoms with E-state index in [2.05, 4.69) is 4.74 Å². The van der Waals surface area contributed by atoms with Crippen LogP contribution in [-0.2, 0) is 0 Å². The standard InChI is InChI=1S/C13H12F3NO2/c1-8-5-10(7-18-8)12(17)9-3-2-4-11(6-9)19-13(14,15)16/h2-7,12H,17H2,1H3. The molecule has 2 aromatic rings. The highest BCUT2D eigenvalue weighted by Crippen LogP contribution is 2.27. The normalized spacial score (nSPS) is 13.3. The summed E-state index contributed by atoms with van der Waals surface area (Å²) in [5.74, 6) is 0.397. The molecule has 1 aromatic heterocycles. The van der Waals surface area contributed by atoms with E-state index in [1.54, 1.807) is 19.1 Å². The van der Waals surface area contributed by atoms with E-state index < -0.39 is 12.4 Å². The number of aryl methyl sites for hydroxylation is 1. The summed E-state index contributed by atoms with van der Waals surface area (Å²) in [6, 6.07) is 6.76. The first kappa shape index (κ1) is 13.5. The van der Waals surface area contributed by atoms with Gasteiger partial charge in [0.15, 0.2) is 0 Å². The average Bonchev–Trinajstić information content (AvgIpc) is 2.73. The van der Waals surface area contributed by atoms with Gasteiger partial charge in [0.25, 0.3) is 0 Å². The zero-order chi connectivity index (χ0) is 14.0. The lowest BCUT2D eigenvalue weighted by Crippen LogP contribution is -2.18. The van der Waals surface area contributed by atoms with Gasteiger partial charge in [-0.05, 0) is 30.7 Å². The monoisotopic (exact) mass is 271 g/mol. The molecule has 2 rings (SSSR count). The SMILES string of the molecule is Cc1cc(C(N)c2cccc(OC(F)(F)F)c2)co1. The van der Waals surface area contributed by atoms with Gasteiger partial charge in [-0.2, -0.15) is 0 Å². The van der Waals surface area contributed by atoms with Crippen molar-refractivity contribution in [3.05, 3.63) is 53.5 Å². The summed E-state index contributed by atoms with van der Waals surface area (Å²) < 4.78 is 45.4. The third-order valence-electron chi connectivity index (χ3n) is 2.56. The van der Waals surface area contributed by atoms with Gasteiger partial charge >= 0.3 is 6.36 Å². The minimum absolute atomic E-state index is 0.291. The van der Waals surface area contributed by atoms with Gasteiger partial charge in [-0.3, -0.25) is 0 Å². The van der Waals surface area contributed by atoms with Crippen molar-refractivity contribution in [1.82, 2.24) is 0 Å². The van der Waals surface area contributed by atoms with Crippen LogP contribution in [0.2, 0.25) is 0 Å². The Balaban J connectivity index is 2.23. The maximum absolute atomic E-state index is 12.1. The van der Waals surface area contributed by atoms with Crippen LogP contribution in [0.25, 0.3) is 0 Å². The van der Waals surface area contributed by atoms with Gasteiger partial charge in [0.2, 0.25) is 0 Å². The molecule has 0 radical (unpaired) electrons. The van der Waals surface area contributed by atoms with Crippen LogP contribution in [0.5, 0.6) is 5.75 Å². The van der Waals surface area contributed by atoms with E-state index in [4.69, 9.17) is 10.2 Å². The third-order valence-corrected chi connectivity index (χ3v) is 2.56. The van der Waals surface area contributed by atoms with Crippen LogP contribution in [0.4, 0.5) is 13.2 Å². The Kier molecular flexibility index (Phi) is 3.53. The Labute approximate surface area is 107 Å². The number of furan rings is 1. The second kappa shape index (κ2) is 4.97. The number of hydrogen-bond donors (Lipinski definition) is 1. The zero-order valence-corrected chi connectivity index (χ0v) is 10.1. The molecule has 1 aromatic carbocycles. The second-order valence-electron chi connectivity index (χ2n) is 4.09. The molecule has 0 aliphatic rings. The van der Waals surface area contributed by atoms with Gasteiger partial charge in [0.05, 0.1) is 12.3 Å². The number of halogens is 3. The molecule has 1 unspecified atom stereocenters. The Morgan fingerprint density at radius 1 is 1.21 bits per heavy atom. The number of hydrogen-bond acceptors (Lipinski definition) is 3. The summed E-state index contributed by atoms with van der Waals surface area (Å²) in [4.78, 5) is 0. The molecule has 0 amide bonds. The second-order valence-corrected chi connectivity index (χ2v) is 4.09. The molecule has 0 bridgehead atoms. The molecular weight excluding hydrogens is 259 g/mol. The predicted molar refractivity (Wildman–Crippen MR) is 62.6 cm³/mol. The zero-order valence-electron chi connectivity index (χ0n) is 10.1. The maximum atomic E-state index is 12.1. The average molecular weight is 271 g/mol. The van der Waals surface area contributed by atoms with Gasteiger partial charge in [-0.15, -0.1) is 13.2 Å². The number of alkyl halides is 3. The lowest BCUT2D eigenvalue weighted by Gasteiger charge is -2.13. The van der Waals surface area contributed by atoms with Crippen molar-refractivity contribution in [2.75, 3.05) is 0 Å². The third kappa shape index (κ3) is 3.51. The summed E-state index contributed by atoms with van der Waals surface area (Å²) in [6.45, 7) is 1.76. The van der Waals surface area contributed by atoms with Crippen molar-refractivity contribution in [2.24, 2.45) is 5.73 Å². The number of nitrogens with two attached hydrogens (primary N) is 1. The van der Waals surface area contributed by atoms with Crippen LogP contribution in [0.3, 0.4) is 0 Å². The Hall–Kier alpha value is -1.95. The molecule has 1 atom stereocenters. The fraction of sp³-hybridized carbons (Fsp3) is 0.231. The smallest absolute Gasteiger partial charge is 0.469 e. The first-order valence-electron chi connectivity index (χ1n) is 5.51. The van der Waals surface area contributed by atoms with Crippen molar-refractivity contribution >= 4 is 0 Å². The van der Waals surface area contributed by atoms with E-state index in [0.29, 0.717) is 16.9 Å². The van der Waals surface area contributed by atoms with Gasteiger partial charge < -0.3 is 14.9 Å². The molecule has 0 aliphatic carbocycles. The highest BCUT2D eigenvalue weighted by atomic mass is 19.4. The lowest BCUT2D eigenvalue weighted by molar-refractivity contribution is -0.274. The summed E-state index contributed by atoms with van der Waals surface area (Å²) in [5.41, 5.74) is 7.18. The van der Waals surface area contributed by atoms with Crippen LogP contribution in [0.1, 0.15) is 22.9 Å². The van der Waals surface area contributed by atoms with E-state index in [1.807, 2.05) is 0 Å². The Bertz CT molecular complexity index is 563. The largest absolute Gasteiger partial charge is 0.573 e. The predicted octanol–water partition coefficient (Wildman–Crippen LogP) is 3.53. The van der Waals surface area contributed by atoms with Crippen LogP contribution in [0, 0.1) is 6.92 Å². The Morgan fingerprint density at radius 3 is 2.53 bits per heavy atom. The van der Waals surface area contributed by atoms with Gasteiger partial charge in [-0.25, -0.2) is 0 Å². The van der Waals surface area contributed by atoms with Crippen LogP contribution < -0.4 is 10.5 Å². The Morgan fingerprint density at radius 2 is 1.95 bits per heavy atom. The van der Waals surface area contributed by atoms with E-state index in [9.17, 15) is 13.2 Å². The summed E-state index contributed by atoms with van der Waals surface area (Å²) in [7, 11) is 0. The van der Waals surface area contributed by atoms with Crippen molar-refractivity contribution in [1.29, 1.82) is 0 Å². The number of rotatable bonds is 3. The molecule has 3 nitrogen and oxygen atoms in total. The molecule has 6 heteroatoms. The van der Waals surface area contributed by atoms with Crippen LogP contribution >= 0.6 is 0 Å². The summed E-state index contributed by atoms with van der Waals surface area (Å²) in [6.07, 6.45) is -3.23. The first-order valence-corrected chi connectivity index (χ1v) is 5.51. The minimum Gasteiger partial charge on any atom is -0.469 e. The van der Waals surface area contributed by atoms with Crippen molar-refractivity contribution < 1.29 is 22.3 Å². The van der Waals surface area contributed by atoms with Crippen LogP contribution in [-0.4, -0.2) is 6.36 Å². The number of ether oxygens (including phenoxy) is 1. The van der Waals surface area contributed by atoms with Crippen molar-refractivity contribution in [3.63, 3.8) is 0 Å².